The summed E-state index contributed by atoms with van der Waals surface area (Å²) in [5.74, 6) is 0.545. The van der Waals surface area contributed by atoms with Crippen LogP contribution in [0.25, 0.3) is 0 Å². The fraction of sp³-hybridized carbons (Fsp3) is 0.917. The van der Waals surface area contributed by atoms with Crippen LogP contribution in [0.15, 0.2) is 0 Å². The molecule has 4 N–H and O–H groups in total. The molecule has 2 rings (SSSR count). The maximum atomic E-state index is 12.2. The smallest absolute Gasteiger partial charge is 0.227 e. The van der Waals surface area contributed by atoms with Crippen LogP contribution in [0.3, 0.4) is 0 Å². The molecule has 1 saturated carbocycles. The van der Waals surface area contributed by atoms with Crippen LogP contribution in [0.1, 0.15) is 19.8 Å². The van der Waals surface area contributed by atoms with E-state index in [0.29, 0.717) is 12.5 Å². The first-order valence-electron chi connectivity index (χ1n) is 6.27. The van der Waals surface area contributed by atoms with Gasteiger partial charge in [0.2, 0.25) is 5.91 Å². The lowest BCUT2D eigenvalue weighted by Crippen LogP contribution is -2.54. The van der Waals surface area contributed by atoms with Crippen molar-refractivity contribution in [1.29, 1.82) is 0 Å². The van der Waals surface area contributed by atoms with Crippen molar-refractivity contribution in [1.82, 2.24) is 10.6 Å². The van der Waals surface area contributed by atoms with E-state index in [1.807, 2.05) is 0 Å². The third-order valence-electron chi connectivity index (χ3n) is 4.44. The lowest BCUT2D eigenvalue weighted by atomic mass is 9.61. The Balaban J connectivity index is 1.90. The molecule has 2 atom stereocenters. The summed E-state index contributed by atoms with van der Waals surface area (Å²) < 4.78 is 0. The van der Waals surface area contributed by atoms with Crippen LogP contribution >= 0.6 is 0 Å². The largest absolute Gasteiger partial charge is 0.396 e. The summed E-state index contributed by atoms with van der Waals surface area (Å²) in [4.78, 5) is 12.2. The number of hydrogen-bond donors (Lipinski definition) is 4. The molecule has 5 heteroatoms. The molecule has 0 aromatic heterocycles. The fourth-order valence-electron chi connectivity index (χ4n) is 2.71. The van der Waals surface area contributed by atoms with Crippen LogP contribution in [-0.4, -0.2) is 49.0 Å². The minimum absolute atomic E-state index is 0.0758. The minimum Gasteiger partial charge on any atom is -0.396 e. The maximum absolute atomic E-state index is 12.2. The van der Waals surface area contributed by atoms with Gasteiger partial charge in [-0.2, -0.15) is 0 Å². The fourth-order valence-corrected chi connectivity index (χ4v) is 2.71. The van der Waals surface area contributed by atoms with Crippen molar-refractivity contribution in [3.63, 3.8) is 0 Å². The first-order valence-corrected chi connectivity index (χ1v) is 6.27. The molecule has 5 nitrogen and oxygen atoms in total. The Bertz CT molecular complexity index is 304. The second-order valence-electron chi connectivity index (χ2n) is 5.83. The highest BCUT2D eigenvalue weighted by molar-refractivity contribution is 5.84. The molecule has 2 aliphatic rings. The van der Waals surface area contributed by atoms with Gasteiger partial charge in [0.25, 0.3) is 0 Å². The Morgan fingerprint density at radius 3 is 2.71 bits per heavy atom. The molecule has 1 aliphatic heterocycles. The highest BCUT2D eigenvalue weighted by Gasteiger charge is 2.55. The lowest BCUT2D eigenvalue weighted by Gasteiger charge is -2.43. The second kappa shape index (κ2) is 4.55. The summed E-state index contributed by atoms with van der Waals surface area (Å²) in [6, 6.07) is 0. The predicted molar refractivity (Wildman–Crippen MR) is 63.3 cm³/mol. The minimum atomic E-state index is -0.627. The quantitative estimate of drug-likeness (QED) is 0.503. The summed E-state index contributed by atoms with van der Waals surface area (Å²) in [7, 11) is 0. The lowest BCUT2D eigenvalue weighted by molar-refractivity contribution is -0.138. The van der Waals surface area contributed by atoms with Gasteiger partial charge in [0, 0.05) is 18.5 Å². The molecular formula is C12H22N2O3. The molecule has 1 saturated heterocycles. The summed E-state index contributed by atoms with van der Waals surface area (Å²) >= 11 is 0. The van der Waals surface area contributed by atoms with Crippen LogP contribution in [0.5, 0.6) is 0 Å². The maximum Gasteiger partial charge on any atom is 0.227 e. The van der Waals surface area contributed by atoms with Gasteiger partial charge >= 0.3 is 0 Å². The molecule has 0 radical (unpaired) electrons. The van der Waals surface area contributed by atoms with Gasteiger partial charge < -0.3 is 20.8 Å². The number of aliphatic hydroxyl groups excluding tert-OH is 2. The van der Waals surface area contributed by atoms with Crippen LogP contribution in [0.2, 0.25) is 0 Å². The molecule has 1 aliphatic carbocycles. The number of carbonyl (C=O) groups is 1. The Morgan fingerprint density at radius 2 is 2.24 bits per heavy atom. The third-order valence-corrected chi connectivity index (χ3v) is 4.44. The molecule has 2 fully saturated rings. The van der Waals surface area contributed by atoms with E-state index >= 15 is 0 Å². The SMILES string of the molecule is CC(CO)(CO)CNC(=O)[C@]12CC[C@H]1CNC2. The van der Waals surface area contributed by atoms with E-state index in [-0.39, 0.29) is 24.5 Å². The highest BCUT2D eigenvalue weighted by Crippen LogP contribution is 2.49. The zero-order valence-corrected chi connectivity index (χ0v) is 10.3. The zero-order chi connectivity index (χ0) is 12.5. The Hall–Kier alpha value is -0.650. The Labute approximate surface area is 102 Å². The number of aliphatic hydroxyl groups is 2. The zero-order valence-electron chi connectivity index (χ0n) is 10.3. The Morgan fingerprint density at radius 1 is 1.53 bits per heavy atom. The van der Waals surface area contributed by atoms with E-state index in [9.17, 15) is 15.0 Å². The number of fused-ring (bicyclic) bond motifs is 1. The summed E-state index contributed by atoms with van der Waals surface area (Å²) in [6.45, 7) is 3.53. The van der Waals surface area contributed by atoms with Crippen molar-refractivity contribution >= 4 is 5.91 Å². The monoisotopic (exact) mass is 242 g/mol. The second-order valence-corrected chi connectivity index (χ2v) is 5.83. The van der Waals surface area contributed by atoms with Gasteiger partial charge in [0.15, 0.2) is 0 Å². The van der Waals surface area contributed by atoms with Gasteiger partial charge in [0.05, 0.1) is 18.6 Å². The van der Waals surface area contributed by atoms with Gasteiger partial charge in [0.1, 0.15) is 0 Å². The van der Waals surface area contributed by atoms with Crippen molar-refractivity contribution in [2.45, 2.75) is 19.8 Å². The first kappa shape index (κ1) is 12.8. The average Bonchev–Trinajstić information content (AvgIpc) is 2.62. The Kier molecular flexibility index (Phi) is 3.43. The highest BCUT2D eigenvalue weighted by atomic mass is 16.3. The van der Waals surface area contributed by atoms with Gasteiger partial charge in [-0.15, -0.1) is 0 Å². The summed E-state index contributed by atoms with van der Waals surface area (Å²) in [6.07, 6.45) is 2.07. The molecule has 1 heterocycles. The number of carbonyl (C=O) groups excluding carboxylic acids is 1. The molecule has 0 aromatic rings. The van der Waals surface area contributed by atoms with Crippen molar-refractivity contribution in [3.05, 3.63) is 0 Å². The van der Waals surface area contributed by atoms with Crippen molar-refractivity contribution < 1.29 is 15.0 Å². The molecule has 0 bridgehead atoms. The molecule has 17 heavy (non-hydrogen) atoms. The van der Waals surface area contributed by atoms with Crippen LogP contribution in [0, 0.1) is 16.7 Å². The van der Waals surface area contributed by atoms with Gasteiger partial charge in [-0.1, -0.05) is 6.92 Å². The molecule has 98 valence electrons. The molecule has 0 unspecified atom stereocenters. The molecule has 0 spiro atoms. The standard InChI is InChI=1S/C12H22N2O3/c1-11(7-15,8-16)5-14-10(17)12-3-2-9(12)4-13-6-12/h9,13,15-16H,2-8H2,1H3,(H,14,17)/t9-,12-/m0/s1. The van der Waals surface area contributed by atoms with Crippen LogP contribution < -0.4 is 10.6 Å². The predicted octanol–water partition coefficient (Wildman–Crippen LogP) is -0.907. The van der Waals surface area contributed by atoms with E-state index in [4.69, 9.17) is 0 Å². The van der Waals surface area contributed by atoms with Crippen molar-refractivity contribution in [2.24, 2.45) is 16.7 Å². The van der Waals surface area contributed by atoms with E-state index < -0.39 is 5.41 Å². The summed E-state index contributed by atoms with van der Waals surface area (Å²) in [5, 5.41) is 24.5. The molecule has 1 amide bonds. The van der Waals surface area contributed by atoms with E-state index in [1.165, 1.54) is 0 Å². The number of hydrogen-bond acceptors (Lipinski definition) is 4. The molecule has 0 aromatic carbocycles. The van der Waals surface area contributed by atoms with Crippen LogP contribution in [-0.2, 0) is 4.79 Å². The number of amides is 1. The third kappa shape index (κ3) is 2.07. The number of nitrogens with one attached hydrogen (secondary N) is 2. The van der Waals surface area contributed by atoms with Gasteiger partial charge in [-0.25, -0.2) is 0 Å². The normalized spacial score (nSPS) is 31.8. The van der Waals surface area contributed by atoms with Gasteiger partial charge in [-0.05, 0) is 25.3 Å². The summed E-state index contributed by atoms with van der Waals surface area (Å²) in [5.41, 5.74) is -0.844. The van der Waals surface area contributed by atoms with E-state index in [2.05, 4.69) is 10.6 Å². The van der Waals surface area contributed by atoms with E-state index in [1.54, 1.807) is 6.92 Å². The van der Waals surface area contributed by atoms with Crippen LogP contribution in [0.4, 0.5) is 0 Å². The first-order chi connectivity index (χ1) is 8.06. The topological polar surface area (TPSA) is 81.6 Å². The average molecular weight is 242 g/mol. The molecular weight excluding hydrogens is 220 g/mol. The number of rotatable bonds is 5. The van der Waals surface area contributed by atoms with Crippen molar-refractivity contribution in [3.8, 4) is 0 Å². The van der Waals surface area contributed by atoms with E-state index in [0.717, 1.165) is 25.9 Å². The van der Waals surface area contributed by atoms with Gasteiger partial charge in [-0.3, -0.25) is 4.79 Å². The van der Waals surface area contributed by atoms with Crippen molar-refractivity contribution in [2.75, 3.05) is 32.8 Å².